The number of rotatable bonds is 4. The van der Waals surface area contributed by atoms with Crippen LogP contribution in [0.3, 0.4) is 0 Å². The molecular formula is C14H15F2N3OS. The minimum atomic E-state index is -0.498. The highest BCUT2D eigenvalue weighted by molar-refractivity contribution is 7.18. The maximum atomic E-state index is 13.5. The average molecular weight is 311 g/mol. The highest BCUT2D eigenvalue weighted by Gasteiger charge is 2.16. The molecule has 0 aliphatic rings. The van der Waals surface area contributed by atoms with Crippen molar-refractivity contribution in [3.8, 4) is 0 Å². The Morgan fingerprint density at radius 3 is 2.71 bits per heavy atom. The van der Waals surface area contributed by atoms with E-state index in [2.05, 4.69) is 5.32 Å². The molecule has 1 aromatic carbocycles. The number of thiophene rings is 1. The number of nitrogens with zero attached hydrogens (tertiary/aromatic N) is 1. The molecule has 2 aromatic rings. The number of carbonyl (C=O) groups excluding carboxylic acids is 1. The molecule has 0 unspecified atom stereocenters. The number of nitrogens with two attached hydrogens (primary N) is 1. The Labute approximate surface area is 125 Å². The van der Waals surface area contributed by atoms with Gasteiger partial charge in [0, 0.05) is 26.2 Å². The van der Waals surface area contributed by atoms with Gasteiger partial charge in [0.05, 0.1) is 10.7 Å². The Bertz CT molecular complexity index is 670. The summed E-state index contributed by atoms with van der Waals surface area (Å²) in [5, 5.41) is 3.57. The van der Waals surface area contributed by atoms with Gasteiger partial charge in [-0.3, -0.25) is 4.79 Å². The third-order valence-corrected chi connectivity index (χ3v) is 3.92. The van der Waals surface area contributed by atoms with Crippen LogP contribution < -0.4 is 11.1 Å². The van der Waals surface area contributed by atoms with Gasteiger partial charge in [-0.1, -0.05) is 0 Å². The van der Waals surface area contributed by atoms with Crippen molar-refractivity contribution in [2.45, 2.75) is 6.54 Å². The zero-order valence-corrected chi connectivity index (χ0v) is 12.4. The predicted molar refractivity (Wildman–Crippen MR) is 80.4 cm³/mol. The standard InChI is InChI=1S/C14H15F2N3OS/c1-19(2)14(20)13-11(17)6-12(21-13)18-7-8-5-9(15)3-4-10(8)16/h3-6,18H,7,17H2,1-2H3. The molecule has 0 spiro atoms. The fraction of sp³-hybridized carbons (Fsp3) is 0.214. The van der Waals surface area contributed by atoms with Crippen molar-refractivity contribution in [1.29, 1.82) is 0 Å². The van der Waals surface area contributed by atoms with Crippen LogP contribution in [0.4, 0.5) is 19.5 Å². The number of nitrogen functional groups attached to an aromatic ring is 1. The zero-order valence-electron chi connectivity index (χ0n) is 11.6. The molecule has 0 atom stereocenters. The van der Waals surface area contributed by atoms with Crippen LogP contribution in [0.25, 0.3) is 0 Å². The predicted octanol–water partition coefficient (Wildman–Crippen LogP) is 2.92. The van der Waals surface area contributed by atoms with E-state index in [1.54, 1.807) is 20.2 Å². The minimum Gasteiger partial charge on any atom is -0.397 e. The number of carbonyl (C=O) groups is 1. The first-order valence-electron chi connectivity index (χ1n) is 6.17. The Hall–Kier alpha value is -2.15. The van der Waals surface area contributed by atoms with Gasteiger partial charge in [-0.15, -0.1) is 11.3 Å². The quantitative estimate of drug-likeness (QED) is 0.913. The lowest BCUT2D eigenvalue weighted by atomic mass is 10.2. The maximum absolute atomic E-state index is 13.5. The summed E-state index contributed by atoms with van der Waals surface area (Å²) >= 11 is 1.18. The molecule has 7 heteroatoms. The van der Waals surface area contributed by atoms with Crippen LogP contribution >= 0.6 is 11.3 Å². The molecule has 1 aromatic heterocycles. The first-order valence-corrected chi connectivity index (χ1v) is 6.99. The highest BCUT2D eigenvalue weighted by Crippen LogP contribution is 2.30. The second-order valence-electron chi connectivity index (χ2n) is 4.68. The molecule has 1 amide bonds. The number of amides is 1. The fourth-order valence-electron chi connectivity index (χ4n) is 1.72. The van der Waals surface area contributed by atoms with Crippen LogP contribution in [0.1, 0.15) is 15.2 Å². The van der Waals surface area contributed by atoms with Gasteiger partial charge >= 0.3 is 0 Å². The van der Waals surface area contributed by atoms with Gasteiger partial charge in [-0.05, 0) is 24.3 Å². The Morgan fingerprint density at radius 2 is 2.05 bits per heavy atom. The van der Waals surface area contributed by atoms with Gasteiger partial charge in [0.25, 0.3) is 5.91 Å². The Balaban J connectivity index is 2.12. The Kier molecular flexibility index (Phi) is 4.42. The third-order valence-electron chi connectivity index (χ3n) is 2.82. The van der Waals surface area contributed by atoms with Crippen LogP contribution in [0.5, 0.6) is 0 Å². The largest absolute Gasteiger partial charge is 0.397 e. The van der Waals surface area contributed by atoms with Crippen molar-refractivity contribution in [2.75, 3.05) is 25.1 Å². The lowest BCUT2D eigenvalue weighted by molar-refractivity contribution is 0.0833. The smallest absolute Gasteiger partial charge is 0.265 e. The average Bonchev–Trinajstić information content (AvgIpc) is 2.80. The molecule has 0 aliphatic heterocycles. The summed E-state index contributed by atoms with van der Waals surface area (Å²) in [5.41, 5.74) is 6.36. The van der Waals surface area contributed by atoms with Crippen molar-refractivity contribution in [1.82, 2.24) is 4.90 Å². The molecule has 21 heavy (non-hydrogen) atoms. The van der Waals surface area contributed by atoms with Crippen LogP contribution in [0.2, 0.25) is 0 Å². The van der Waals surface area contributed by atoms with Crippen molar-refractivity contribution >= 4 is 27.9 Å². The fourth-order valence-corrected chi connectivity index (χ4v) is 2.72. The first-order chi connectivity index (χ1) is 9.88. The van der Waals surface area contributed by atoms with Gasteiger partial charge in [-0.2, -0.15) is 0 Å². The summed E-state index contributed by atoms with van der Waals surface area (Å²) in [6.45, 7) is 0.110. The summed E-state index contributed by atoms with van der Waals surface area (Å²) in [5.74, 6) is -1.18. The molecule has 0 bridgehead atoms. The second-order valence-corrected chi connectivity index (χ2v) is 5.74. The molecular weight excluding hydrogens is 296 g/mol. The SMILES string of the molecule is CN(C)C(=O)c1sc(NCc2cc(F)ccc2F)cc1N. The van der Waals surface area contributed by atoms with Crippen molar-refractivity contribution in [2.24, 2.45) is 0 Å². The number of nitrogens with one attached hydrogen (secondary N) is 1. The topological polar surface area (TPSA) is 58.4 Å². The van der Waals surface area contributed by atoms with Gasteiger partial charge in [0.2, 0.25) is 0 Å². The van der Waals surface area contributed by atoms with E-state index in [-0.39, 0.29) is 18.0 Å². The summed E-state index contributed by atoms with van der Waals surface area (Å²) in [4.78, 5) is 13.7. The van der Waals surface area contributed by atoms with Gasteiger partial charge in [-0.25, -0.2) is 8.78 Å². The molecule has 4 nitrogen and oxygen atoms in total. The first kappa shape index (κ1) is 15.2. The normalized spacial score (nSPS) is 10.5. The van der Waals surface area contributed by atoms with Crippen LogP contribution in [0.15, 0.2) is 24.3 Å². The third kappa shape index (κ3) is 3.49. The van der Waals surface area contributed by atoms with E-state index in [1.807, 2.05) is 0 Å². The zero-order chi connectivity index (χ0) is 15.6. The van der Waals surface area contributed by atoms with Crippen molar-refractivity contribution in [3.05, 3.63) is 46.3 Å². The number of hydrogen-bond donors (Lipinski definition) is 2. The second kappa shape index (κ2) is 6.09. The highest BCUT2D eigenvalue weighted by atomic mass is 32.1. The van der Waals surface area contributed by atoms with E-state index in [9.17, 15) is 13.6 Å². The van der Waals surface area contributed by atoms with Gasteiger partial charge < -0.3 is 16.0 Å². The van der Waals surface area contributed by atoms with Crippen LogP contribution in [-0.4, -0.2) is 24.9 Å². The van der Waals surface area contributed by atoms with E-state index in [0.717, 1.165) is 18.2 Å². The summed E-state index contributed by atoms with van der Waals surface area (Å²) < 4.78 is 26.6. The molecule has 0 saturated heterocycles. The molecule has 3 N–H and O–H groups in total. The molecule has 0 saturated carbocycles. The minimum absolute atomic E-state index is 0.110. The molecule has 0 radical (unpaired) electrons. The molecule has 2 rings (SSSR count). The summed E-state index contributed by atoms with van der Waals surface area (Å²) in [6, 6.07) is 4.88. The van der Waals surface area contributed by atoms with E-state index in [4.69, 9.17) is 5.73 Å². The van der Waals surface area contributed by atoms with E-state index >= 15 is 0 Å². The summed E-state index contributed by atoms with van der Waals surface area (Å²) in [7, 11) is 3.27. The lowest BCUT2D eigenvalue weighted by Gasteiger charge is -2.08. The molecule has 0 fully saturated rings. The molecule has 1 heterocycles. The van der Waals surface area contributed by atoms with E-state index in [0.29, 0.717) is 15.6 Å². The van der Waals surface area contributed by atoms with Gasteiger partial charge in [0.1, 0.15) is 16.5 Å². The van der Waals surface area contributed by atoms with E-state index < -0.39 is 11.6 Å². The van der Waals surface area contributed by atoms with Crippen LogP contribution in [-0.2, 0) is 6.54 Å². The molecule has 0 aliphatic carbocycles. The van der Waals surface area contributed by atoms with E-state index in [1.165, 1.54) is 16.2 Å². The Morgan fingerprint density at radius 1 is 1.33 bits per heavy atom. The maximum Gasteiger partial charge on any atom is 0.265 e. The lowest BCUT2D eigenvalue weighted by Crippen LogP contribution is -2.21. The number of anilines is 2. The molecule has 112 valence electrons. The number of halogens is 2. The van der Waals surface area contributed by atoms with Crippen molar-refractivity contribution in [3.63, 3.8) is 0 Å². The monoisotopic (exact) mass is 311 g/mol. The number of benzene rings is 1. The van der Waals surface area contributed by atoms with Gasteiger partial charge in [0.15, 0.2) is 0 Å². The van der Waals surface area contributed by atoms with Crippen LogP contribution in [0, 0.1) is 11.6 Å². The number of hydrogen-bond acceptors (Lipinski definition) is 4. The summed E-state index contributed by atoms with van der Waals surface area (Å²) in [6.07, 6.45) is 0. The van der Waals surface area contributed by atoms with Crippen molar-refractivity contribution < 1.29 is 13.6 Å².